The van der Waals surface area contributed by atoms with E-state index in [0.717, 1.165) is 6.07 Å². The van der Waals surface area contributed by atoms with Crippen LogP contribution in [0.5, 0.6) is 0 Å². The van der Waals surface area contributed by atoms with E-state index < -0.39 is 23.7 Å². The highest BCUT2D eigenvalue weighted by Gasteiger charge is 2.23. The smallest absolute Gasteiger partial charge is 0.254 e. The Morgan fingerprint density at radius 1 is 1.38 bits per heavy atom. The summed E-state index contributed by atoms with van der Waals surface area (Å²) in [4.78, 5) is 23.4. The molecule has 0 bridgehead atoms. The van der Waals surface area contributed by atoms with Crippen LogP contribution in [0.4, 0.5) is 4.39 Å². The number of nitrogens with two attached hydrogens (primary N) is 2. The molecule has 21 heavy (non-hydrogen) atoms. The van der Waals surface area contributed by atoms with Gasteiger partial charge in [0.15, 0.2) is 0 Å². The van der Waals surface area contributed by atoms with Crippen LogP contribution in [0.15, 0.2) is 18.2 Å². The third kappa shape index (κ3) is 4.58. The normalized spacial score (nSPS) is 11.5. The molecule has 1 aromatic rings. The van der Waals surface area contributed by atoms with Crippen molar-refractivity contribution in [1.82, 2.24) is 5.32 Å². The Kier molecular flexibility index (Phi) is 5.88. The van der Waals surface area contributed by atoms with Crippen LogP contribution in [0.1, 0.15) is 29.8 Å². The number of amides is 2. The van der Waals surface area contributed by atoms with Crippen molar-refractivity contribution in [1.29, 1.82) is 0 Å². The van der Waals surface area contributed by atoms with Gasteiger partial charge >= 0.3 is 0 Å². The minimum Gasteiger partial charge on any atom is -0.368 e. The molecular weight excluding hydrogens is 273 g/mol. The van der Waals surface area contributed by atoms with Gasteiger partial charge in [0.2, 0.25) is 5.91 Å². The molecule has 0 radical (unpaired) electrons. The second kappa shape index (κ2) is 7.41. The molecule has 5 N–H and O–H groups in total. The fourth-order valence-corrected chi connectivity index (χ4v) is 1.72. The number of primary amides is 1. The summed E-state index contributed by atoms with van der Waals surface area (Å²) in [5.74, 6) is 3.06. The fourth-order valence-electron chi connectivity index (χ4n) is 1.72. The second-order valence-electron chi connectivity index (χ2n) is 4.80. The minimum atomic E-state index is -0.865. The average Bonchev–Trinajstić information content (AvgIpc) is 2.42. The van der Waals surface area contributed by atoms with Gasteiger partial charge in [0.05, 0.1) is 12.1 Å². The van der Waals surface area contributed by atoms with Crippen LogP contribution >= 0.6 is 0 Å². The average molecular weight is 291 g/mol. The standard InChI is InChI=1S/C15H18FN3O2/c1-9(2)13(14(18)20)19-15(21)11-8-10(4-3-7-17)5-6-12(11)16/h5-6,8-9,13H,7,17H2,1-2H3,(H2,18,20)(H,19,21). The summed E-state index contributed by atoms with van der Waals surface area (Å²) >= 11 is 0. The van der Waals surface area contributed by atoms with Crippen molar-refractivity contribution >= 4 is 11.8 Å². The van der Waals surface area contributed by atoms with Crippen molar-refractivity contribution < 1.29 is 14.0 Å². The topological polar surface area (TPSA) is 98.2 Å². The maximum atomic E-state index is 13.7. The van der Waals surface area contributed by atoms with E-state index in [4.69, 9.17) is 11.5 Å². The Morgan fingerprint density at radius 2 is 2.05 bits per heavy atom. The molecule has 1 unspecified atom stereocenters. The van der Waals surface area contributed by atoms with Crippen molar-refractivity contribution in [2.75, 3.05) is 6.54 Å². The van der Waals surface area contributed by atoms with E-state index in [2.05, 4.69) is 17.2 Å². The number of halogens is 1. The molecule has 0 aliphatic heterocycles. The third-order valence-corrected chi connectivity index (χ3v) is 2.81. The maximum Gasteiger partial charge on any atom is 0.254 e. The molecule has 2 amide bonds. The monoisotopic (exact) mass is 291 g/mol. The molecule has 1 atom stereocenters. The fraction of sp³-hybridized carbons (Fsp3) is 0.333. The third-order valence-electron chi connectivity index (χ3n) is 2.81. The first kappa shape index (κ1) is 16.7. The van der Waals surface area contributed by atoms with E-state index in [-0.39, 0.29) is 18.0 Å². The van der Waals surface area contributed by atoms with E-state index >= 15 is 0 Å². The van der Waals surface area contributed by atoms with E-state index in [1.54, 1.807) is 13.8 Å². The van der Waals surface area contributed by atoms with Gasteiger partial charge in [-0.3, -0.25) is 9.59 Å². The van der Waals surface area contributed by atoms with Gasteiger partial charge < -0.3 is 16.8 Å². The highest BCUT2D eigenvalue weighted by Crippen LogP contribution is 2.11. The van der Waals surface area contributed by atoms with Gasteiger partial charge in [-0.1, -0.05) is 25.7 Å². The van der Waals surface area contributed by atoms with Gasteiger partial charge in [-0.15, -0.1) is 0 Å². The molecule has 0 saturated heterocycles. The van der Waals surface area contributed by atoms with Crippen molar-refractivity contribution in [3.63, 3.8) is 0 Å². The van der Waals surface area contributed by atoms with Crippen molar-refractivity contribution in [2.24, 2.45) is 17.4 Å². The first-order valence-electron chi connectivity index (χ1n) is 6.45. The predicted octanol–water partition coefficient (Wildman–Crippen LogP) is 0.376. The number of hydrogen-bond acceptors (Lipinski definition) is 3. The molecule has 0 fully saturated rings. The van der Waals surface area contributed by atoms with Crippen LogP contribution < -0.4 is 16.8 Å². The van der Waals surface area contributed by atoms with E-state index in [9.17, 15) is 14.0 Å². The molecule has 0 aliphatic rings. The summed E-state index contributed by atoms with van der Waals surface area (Å²) in [6.07, 6.45) is 0. The lowest BCUT2D eigenvalue weighted by atomic mass is 10.0. The highest BCUT2D eigenvalue weighted by molar-refractivity contribution is 5.97. The maximum absolute atomic E-state index is 13.7. The highest BCUT2D eigenvalue weighted by atomic mass is 19.1. The molecule has 0 aliphatic carbocycles. The number of benzene rings is 1. The van der Waals surface area contributed by atoms with Crippen LogP contribution in [-0.2, 0) is 4.79 Å². The summed E-state index contributed by atoms with van der Waals surface area (Å²) < 4.78 is 13.7. The van der Waals surface area contributed by atoms with E-state index in [0.29, 0.717) is 5.56 Å². The summed E-state index contributed by atoms with van der Waals surface area (Å²) in [5, 5.41) is 2.43. The van der Waals surface area contributed by atoms with Gasteiger partial charge in [-0.05, 0) is 24.1 Å². The number of rotatable bonds is 4. The Morgan fingerprint density at radius 3 is 2.57 bits per heavy atom. The summed E-state index contributed by atoms with van der Waals surface area (Å²) in [7, 11) is 0. The Balaban J connectivity index is 3.03. The molecular formula is C15H18FN3O2. The molecule has 0 saturated carbocycles. The van der Waals surface area contributed by atoms with Crippen molar-refractivity contribution in [3.05, 3.63) is 35.1 Å². The van der Waals surface area contributed by atoms with Gasteiger partial charge in [0.1, 0.15) is 11.9 Å². The van der Waals surface area contributed by atoms with Crippen LogP contribution in [0, 0.1) is 23.6 Å². The lowest BCUT2D eigenvalue weighted by molar-refractivity contribution is -0.120. The zero-order chi connectivity index (χ0) is 16.0. The van der Waals surface area contributed by atoms with Gasteiger partial charge in [0, 0.05) is 5.56 Å². The van der Waals surface area contributed by atoms with Crippen molar-refractivity contribution in [3.8, 4) is 11.8 Å². The molecule has 5 nitrogen and oxygen atoms in total. The molecule has 1 rings (SSSR count). The number of carbonyl (C=O) groups excluding carboxylic acids is 2. The van der Waals surface area contributed by atoms with Crippen LogP contribution in [0.25, 0.3) is 0 Å². The number of nitrogens with one attached hydrogen (secondary N) is 1. The predicted molar refractivity (Wildman–Crippen MR) is 77.6 cm³/mol. The Bertz CT molecular complexity index is 603. The summed E-state index contributed by atoms with van der Waals surface area (Å²) in [5.41, 5.74) is 10.7. The molecule has 0 spiro atoms. The van der Waals surface area contributed by atoms with Gasteiger partial charge in [0.25, 0.3) is 5.91 Å². The lowest BCUT2D eigenvalue weighted by Crippen LogP contribution is -2.47. The first-order valence-corrected chi connectivity index (χ1v) is 6.45. The molecule has 112 valence electrons. The second-order valence-corrected chi connectivity index (χ2v) is 4.80. The van der Waals surface area contributed by atoms with Crippen LogP contribution in [-0.4, -0.2) is 24.4 Å². The van der Waals surface area contributed by atoms with Crippen LogP contribution in [0.2, 0.25) is 0 Å². The SMILES string of the molecule is CC(C)C(NC(=O)c1cc(C#CCN)ccc1F)C(N)=O. The van der Waals surface area contributed by atoms with E-state index in [1.165, 1.54) is 12.1 Å². The largest absolute Gasteiger partial charge is 0.368 e. The Labute approximate surface area is 122 Å². The number of hydrogen-bond donors (Lipinski definition) is 3. The number of carbonyl (C=O) groups is 2. The molecule has 0 heterocycles. The minimum absolute atomic E-state index is 0.163. The lowest BCUT2D eigenvalue weighted by Gasteiger charge is -2.19. The summed E-state index contributed by atoms with van der Waals surface area (Å²) in [6, 6.07) is 3.04. The summed E-state index contributed by atoms with van der Waals surface area (Å²) in [6.45, 7) is 3.63. The first-order chi connectivity index (χ1) is 9.86. The Hall–Kier alpha value is -2.39. The van der Waals surface area contributed by atoms with Gasteiger partial charge in [-0.2, -0.15) is 0 Å². The molecule has 1 aromatic carbocycles. The quantitative estimate of drug-likeness (QED) is 0.699. The molecule has 6 heteroatoms. The molecule has 0 aromatic heterocycles. The van der Waals surface area contributed by atoms with Crippen LogP contribution in [0.3, 0.4) is 0 Å². The van der Waals surface area contributed by atoms with Crippen molar-refractivity contribution in [2.45, 2.75) is 19.9 Å². The zero-order valence-corrected chi connectivity index (χ0v) is 11.9. The zero-order valence-electron chi connectivity index (χ0n) is 11.9. The van der Waals surface area contributed by atoms with E-state index in [1.807, 2.05) is 0 Å². The van der Waals surface area contributed by atoms with Gasteiger partial charge in [-0.25, -0.2) is 4.39 Å².